The second-order valence-corrected chi connectivity index (χ2v) is 1.85. The lowest BCUT2D eigenvalue weighted by atomic mass is 10.3. The van der Waals surface area contributed by atoms with E-state index in [-0.39, 0.29) is 5.76 Å². The van der Waals surface area contributed by atoms with E-state index >= 15 is 0 Å². The van der Waals surface area contributed by atoms with Crippen LogP contribution in [0.15, 0.2) is 12.3 Å². The molecule has 0 unspecified atom stereocenters. The third kappa shape index (κ3) is 2.96. The zero-order valence-corrected chi connectivity index (χ0v) is 6.05. The van der Waals surface area contributed by atoms with Crippen LogP contribution < -0.4 is 5.32 Å². The molecule has 0 bridgehead atoms. The molecule has 4 nitrogen and oxygen atoms in total. The number of aliphatic hydroxyl groups is 1. The molecule has 0 aliphatic rings. The van der Waals surface area contributed by atoms with Gasteiger partial charge in [0.25, 0.3) is 0 Å². The largest absolute Gasteiger partial charge is 0.511 e. The Hall–Kier alpha value is -1.19. The van der Waals surface area contributed by atoms with E-state index in [1.54, 1.807) is 6.92 Å². The van der Waals surface area contributed by atoms with Gasteiger partial charge in [-0.1, -0.05) is 6.58 Å². The van der Waals surface area contributed by atoms with Gasteiger partial charge in [-0.25, -0.2) is 4.79 Å². The van der Waals surface area contributed by atoms with Crippen LogP contribution in [0.3, 0.4) is 0 Å². The molecule has 0 aromatic heterocycles. The first kappa shape index (κ1) is 8.81. The first-order valence-corrected chi connectivity index (χ1v) is 2.80. The van der Waals surface area contributed by atoms with Gasteiger partial charge in [0.15, 0.2) is 0 Å². The van der Waals surface area contributed by atoms with E-state index in [1.165, 1.54) is 7.11 Å². The van der Waals surface area contributed by atoms with Crippen LogP contribution in [0.25, 0.3) is 0 Å². The summed E-state index contributed by atoms with van der Waals surface area (Å²) in [4.78, 5) is 10.4. The van der Waals surface area contributed by atoms with E-state index in [0.717, 1.165) is 0 Å². The first-order valence-electron chi connectivity index (χ1n) is 2.80. The van der Waals surface area contributed by atoms with Crippen molar-refractivity contribution in [3.05, 3.63) is 12.3 Å². The van der Waals surface area contributed by atoms with Crippen LogP contribution in [-0.4, -0.2) is 24.4 Å². The maximum absolute atomic E-state index is 10.4. The molecule has 1 amide bonds. The van der Waals surface area contributed by atoms with Gasteiger partial charge < -0.3 is 15.2 Å². The van der Waals surface area contributed by atoms with Crippen LogP contribution in [0.4, 0.5) is 4.79 Å². The molecule has 10 heavy (non-hydrogen) atoms. The fourth-order valence-electron chi connectivity index (χ4n) is 0.319. The molecule has 0 aliphatic heterocycles. The standard InChI is InChI=1S/C6H11NO3/c1-4(5(2)8)7-6(9)10-3/h4,8H,2H2,1,3H3,(H,7,9)/t4-/m0/s1. The van der Waals surface area contributed by atoms with Crippen molar-refractivity contribution in [2.75, 3.05) is 7.11 Å². The van der Waals surface area contributed by atoms with E-state index in [4.69, 9.17) is 5.11 Å². The van der Waals surface area contributed by atoms with Crippen LogP contribution in [-0.2, 0) is 4.74 Å². The highest BCUT2D eigenvalue weighted by molar-refractivity contribution is 5.67. The lowest BCUT2D eigenvalue weighted by Crippen LogP contribution is -2.33. The van der Waals surface area contributed by atoms with E-state index in [0.29, 0.717) is 0 Å². The Morgan fingerprint density at radius 1 is 1.80 bits per heavy atom. The van der Waals surface area contributed by atoms with Crippen molar-refractivity contribution < 1.29 is 14.6 Å². The maximum Gasteiger partial charge on any atom is 0.407 e. The normalized spacial score (nSPS) is 11.8. The molecule has 0 aromatic rings. The molecule has 0 radical (unpaired) electrons. The van der Waals surface area contributed by atoms with Crippen molar-refractivity contribution >= 4 is 6.09 Å². The summed E-state index contributed by atoms with van der Waals surface area (Å²) in [6.45, 7) is 4.82. The molecule has 2 N–H and O–H groups in total. The van der Waals surface area contributed by atoms with Crippen molar-refractivity contribution in [2.45, 2.75) is 13.0 Å². The SMILES string of the molecule is C=C(O)[C@H](C)NC(=O)OC. The molecule has 4 heteroatoms. The Morgan fingerprint density at radius 2 is 2.30 bits per heavy atom. The number of alkyl carbamates (subject to hydrolysis) is 1. The van der Waals surface area contributed by atoms with E-state index in [2.05, 4.69) is 16.6 Å². The van der Waals surface area contributed by atoms with Gasteiger partial charge in [0.2, 0.25) is 0 Å². The summed E-state index contributed by atoms with van der Waals surface area (Å²) in [5, 5.41) is 11.0. The molecular formula is C6H11NO3. The molecule has 0 aromatic carbocycles. The highest BCUT2D eigenvalue weighted by atomic mass is 16.5. The van der Waals surface area contributed by atoms with Gasteiger partial charge in [0.1, 0.15) is 5.76 Å². The average molecular weight is 145 g/mol. The van der Waals surface area contributed by atoms with Gasteiger partial charge in [0.05, 0.1) is 13.2 Å². The third-order valence-corrected chi connectivity index (χ3v) is 1.02. The van der Waals surface area contributed by atoms with Crippen LogP contribution >= 0.6 is 0 Å². The highest BCUT2D eigenvalue weighted by Gasteiger charge is 2.07. The topological polar surface area (TPSA) is 58.6 Å². The fraction of sp³-hybridized carbons (Fsp3) is 0.500. The first-order chi connectivity index (χ1) is 4.57. The number of aliphatic hydroxyl groups excluding tert-OH is 1. The monoisotopic (exact) mass is 145 g/mol. The Labute approximate surface area is 59.5 Å². The second-order valence-electron chi connectivity index (χ2n) is 1.85. The second kappa shape index (κ2) is 3.76. The molecule has 0 spiro atoms. The van der Waals surface area contributed by atoms with E-state index in [1.807, 2.05) is 0 Å². The minimum atomic E-state index is -0.581. The summed E-state index contributed by atoms with van der Waals surface area (Å²) in [6.07, 6.45) is -0.581. The zero-order chi connectivity index (χ0) is 8.15. The van der Waals surface area contributed by atoms with Crippen LogP contribution in [0, 0.1) is 0 Å². The van der Waals surface area contributed by atoms with Crippen molar-refractivity contribution in [1.29, 1.82) is 0 Å². The number of rotatable bonds is 2. The Morgan fingerprint density at radius 3 is 2.60 bits per heavy atom. The molecule has 1 atom stereocenters. The molecular weight excluding hydrogens is 134 g/mol. The smallest absolute Gasteiger partial charge is 0.407 e. The lowest BCUT2D eigenvalue weighted by molar-refractivity contribution is 0.166. The molecule has 0 saturated heterocycles. The number of hydrogen-bond donors (Lipinski definition) is 2. The van der Waals surface area contributed by atoms with E-state index < -0.39 is 12.1 Å². The summed E-state index contributed by atoms with van der Waals surface area (Å²) in [7, 11) is 1.25. The van der Waals surface area contributed by atoms with Gasteiger partial charge >= 0.3 is 6.09 Å². The Bertz CT molecular complexity index is 144. The quantitative estimate of drug-likeness (QED) is 0.565. The van der Waals surface area contributed by atoms with Crippen LogP contribution in [0.2, 0.25) is 0 Å². The number of nitrogens with one attached hydrogen (secondary N) is 1. The van der Waals surface area contributed by atoms with Crippen molar-refractivity contribution in [3.8, 4) is 0 Å². The van der Waals surface area contributed by atoms with Crippen molar-refractivity contribution in [2.24, 2.45) is 0 Å². The van der Waals surface area contributed by atoms with Crippen molar-refractivity contribution in [1.82, 2.24) is 5.32 Å². The summed E-state index contributed by atoms with van der Waals surface area (Å²) >= 11 is 0. The predicted molar refractivity (Wildman–Crippen MR) is 36.8 cm³/mol. The van der Waals surface area contributed by atoms with Gasteiger partial charge in [-0.15, -0.1) is 0 Å². The number of methoxy groups -OCH3 is 1. The minimum absolute atomic E-state index is 0.0922. The van der Waals surface area contributed by atoms with Crippen LogP contribution in [0.5, 0.6) is 0 Å². The lowest BCUT2D eigenvalue weighted by Gasteiger charge is -2.09. The summed E-state index contributed by atoms with van der Waals surface area (Å²) in [6, 6.07) is -0.465. The Kier molecular flexibility index (Phi) is 3.32. The maximum atomic E-state index is 10.4. The molecule has 0 rings (SSSR count). The number of carbonyl (C=O) groups is 1. The fourth-order valence-corrected chi connectivity index (χ4v) is 0.319. The molecule has 0 aliphatic carbocycles. The number of ether oxygens (including phenoxy) is 1. The average Bonchev–Trinajstić information content (AvgIpc) is 1.87. The molecule has 0 heterocycles. The minimum Gasteiger partial charge on any atom is -0.511 e. The molecule has 0 fully saturated rings. The summed E-state index contributed by atoms with van der Waals surface area (Å²) in [5.41, 5.74) is 0. The summed E-state index contributed by atoms with van der Waals surface area (Å²) < 4.78 is 4.27. The van der Waals surface area contributed by atoms with Gasteiger partial charge in [-0.05, 0) is 6.92 Å². The number of amides is 1. The highest BCUT2D eigenvalue weighted by Crippen LogP contribution is 1.92. The zero-order valence-electron chi connectivity index (χ0n) is 6.05. The van der Waals surface area contributed by atoms with Crippen LogP contribution in [0.1, 0.15) is 6.92 Å². The van der Waals surface area contributed by atoms with Gasteiger partial charge in [-0.3, -0.25) is 0 Å². The van der Waals surface area contributed by atoms with Gasteiger partial charge in [-0.2, -0.15) is 0 Å². The number of hydrogen-bond acceptors (Lipinski definition) is 3. The van der Waals surface area contributed by atoms with E-state index in [9.17, 15) is 4.79 Å². The van der Waals surface area contributed by atoms with Gasteiger partial charge in [0, 0.05) is 0 Å². The number of carbonyl (C=O) groups excluding carboxylic acids is 1. The molecule has 58 valence electrons. The summed E-state index contributed by atoms with van der Waals surface area (Å²) in [5.74, 6) is -0.0922. The Balaban J connectivity index is 3.68. The predicted octanol–water partition coefficient (Wildman–Crippen LogP) is 0.803. The molecule has 0 saturated carbocycles. The van der Waals surface area contributed by atoms with Crippen molar-refractivity contribution in [3.63, 3.8) is 0 Å². The third-order valence-electron chi connectivity index (χ3n) is 1.02.